The van der Waals surface area contributed by atoms with Gasteiger partial charge in [-0.15, -0.1) is 0 Å². The van der Waals surface area contributed by atoms with E-state index in [0.29, 0.717) is 38.0 Å². The van der Waals surface area contributed by atoms with Crippen molar-refractivity contribution in [1.82, 2.24) is 15.1 Å². The molecule has 1 aromatic carbocycles. The summed E-state index contributed by atoms with van der Waals surface area (Å²) in [6.45, 7) is 12.0. The molecule has 30 heavy (non-hydrogen) atoms. The Balaban J connectivity index is 1.44. The monoisotopic (exact) mass is 409 g/mol. The van der Waals surface area contributed by atoms with Crippen molar-refractivity contribution < 1.29 is 14.4 Å². The topological polar surface area (TPSA) is 69.7 Å². The summed E-state index contributed by atoms with van der Waals surface area (Å²) in [6.07, 6.45) is 2.35. The summed E-state index contributed by atoms with van der Waals surface area (Å²) in [5.74, 6) is -0.177. The fraction of sp³-hybridized carbons (Fsp3) is 0.458. The van der Waals surface area contributed by atoms with Crippen LogP contribution in [0.2, 0.25) is 0 Å². The van der Waals surface area contributed by atoms with Gasteiger partial charge in [0.25, 0.3) is 0 Å². The first-order valence-electron chi connectivity index (χ1n) is 10.6. The van der Waals surface area contributed by atoms with E-state index in [0.717, 1.165) is 25.2 Å². The number of ketones is 2. The van der Waals surface area contributed by atoms with Crippen molar-refractivity contribution in [2.24, 2.45) is 0 Å². The minimum atomic E-state index is -0.0868. The number of nitrogens with zero attached hydrogens (tertiary/aromatic N) is 2. The summed E-state index contributed by atoms with van der Waals surface area (Å²) in [6, 6.07) is 8.06. The van der Waals surface area contributed by atoms with Crippen LogP contribution in [0.3, 0.4) is 0 Å². The number of Topliss-reactive ketones (excluding diaryl/α,β-unsaturated/α-hetero) is 2. The van der Waals surface area contributed by atoms with Crippen LogP contribution in [0.15, 0.2) is 48.2 Å². The van der Waals surface area contributed by atoms with E-state index in [2.05, 4.69) is 16.8 Å². The molecule has 3 rings (SSSR count). The molecule has 1 N–H and O–H groups in total. The van der Waals surface area contributed by atoms with E-state index in [1.165, 1.54) is 5.56 Å². The van der Waals surface area contributed by atoms with Crippen LogP contribution in [0, 0.1) is 6.92 Å². The second kappa shape index (κ2) is 9.85. The fourth-order valence-electron chi connectivity index (χ4n) is 3.97. The summed E-state index contributed by atoms with van der Waals surface area (Å²) in [5, 5.41) is 3.14. The Morgan fingerprint density at radius 3 is 2.27 bits per heavy atom. The third kappa shape index (κ3) is 5.45. The van der Waals surface area contributed by atoms with Gasteiger partial charge in [0, 0.05) is 63.9 Å². The average molecular weight is 410 g/mol. The third-order valence-corrected chi connectivity index (χ3v) is 5.86. The highest BCUT2D eigenvalue weighted by molar-refractivity contribution is 6.22. The van der Waals surface area contributed by atoms with Gasteiger partial charge in [0.1, 0.15) is 0 Å². The van der Waals surface area contributed by atoms with Gasteiger partial charge in [0.15, 0.2) is 11.6 Å². The lowest BCUT2D eigenvalue weighted by molar-refractivity contribution is -0.129. The van der Waals surface area contributed by atoms with Crippen LogP contribution in [0.1, 0.15) is 36.8 Å². The summed E-state index contributed by atoms with van der Waals surface area (Å²) in [5.41, 5.74) is 3.08. The average Bonchev–Trinajstić information content (AvgIpc) is 2.73. The molecule has 0 radical (unpaired) electrons. The van der Waals surface area contributed by atoms with E-state index in [-0.39, 0.29) is 29.0 Å². The Morgan fingerprint density at radius 1 is 1.10 bits per heavy atom. The molecule has 0 unspecified atom stereocenters. The molecule has 6 nitrogen and oxygen atoms in total. The second-order valence-electron chi connectivity index (χ2n) is 8.29. The molecule has 0 aromatic heterocycles. The number of nitrogens with one attached hydrogen (secondary N) is 1. The zero-order chi connectivity index (χ0) is 21.7. The molecule has 0 atom stereocenters. The number of carbonyl (C=O) groups is 3. The van der Waals surface area contributed by atoms with Gasteiger partial charge in [-0.25, -0.2) is 0 Å². The number of allylic oxidation sites excluding steroid dienone is 1. The summed E-state index contributed by atoms with van der Waals surface area (Å²) in [7, 11) is 0. The standard InChI is InChI=1S/C24H31N3O3/c1-17(2)24(30)27-12-10-26(11-13-27)9-8-25-16-21-22(28)14-20(15-23(21)29)19-6-4-18(3)5-7-19/h4-7,16,20,25H,1,8-15H2,2-3H3. The maximum absolute atomic E-state index is 12.5. The van der Waals surface area contributed by atoms with E-state index in [1.807, 2.05) is 36.1 Å². The third-order valence-electron chi connectivity index (χ3n) is 5.86. The first kappa shape index (κ1) is 22.0. The Morgan fingerprint density at radius 2 is 1.70 bits per heavy atom. The van der Waals surface area contributed by atoms with E-state index >= 15 is 0 Å². The molecule has 1 saturated carbocycles. The highest BCUT2D eigenvalue weighted by Crippen LogP contribution is 2.31. The zero-order valence-corrected chi connectivity index (χ0v) is 17.9. The van der Waals surface area contributed by atoms with Crippen molar-refractivity contribution in [2.45, 2.75) is 32.6 Å². The van der Waals surface area contributed by atoms with Gasteiger partial charge in [0.2, 0.25) is 5.91 Å². The lowest BCUT2D eigenvalue weighted by Crippen LogP contribution is -2.50. The highest BCUT2D eigenvalue weighted by Gasteiger charge is 2.31. The zero-order valence-electron chi connectivity index (χ0n) is 17.9. The lowest BCUT2D eigenvalue weighted by atomic mass is 9.80. The molecule has 1 aromatic rings. The number of aryl methyl sites for hydroxylation is 1. The summed E-state index contributed by atoms with van der Waals surface area (Å²) >= 11 is 0. The van der Waals surface area contributed by atoms with Crippen molar-refractivity contribution in [2.75, 3.05) is 39.3 Å². The van der Waals surface area contributed by atoms with E-state index in [4.69, 9.17) is 0 Å². The molecular formula is C24H31N3O3. The van der Waals surface area contributed by atoms with Gasteiger partial charge in [-0.3, -0.25) is 19.3 Å². The van der Waals surface area contributed by atoms with Crippen LogP contribution < -0.4 is 5.32 Å². The number of rotatable bonds is 6. The van der Waals surface area contributed by atoms with Crippen molar-refractivity contribution >= 4 is 17.5 Å². The van der Waals surface area contributed by atoms with Gasteiger partial charge in [-0.05, 0) is 25.3 Å². The number of hydrogen-bond acceptors (Lipinski definition) is 5. The molecule has 160 valence electrons. The Labute approximate surface area is 178 Å². The van der Waals surface area contributed by atoms with Crippen LogP contribution in [0.25, 0.3) is 0 Å². The number of amides is 1. The minimum Gasteiger partial charge on any atom is -0.389 e. The van der Waals surface area contributed by atoms with Gasteiger partial charge < -0.3 is 10.2 Å². The first-order valence-corrected chi connectivity index (χ1v) is 10.6. The molecule has 0 spiro atoms. The SMILES string of the molecule is C=C(C)C(=O)N1CCN(CCNC=C2C(=O)CC(c3ccc(C)cc3)CC2=O)CC1. The molecule has 2 fully saturated rings. The van der Waals surface area contributed by atoms with Gasteiger partial charge >= 0.3 is 0 Å². The van der Waals surface area contributed by atoms with Crippen molar-refractivity contribution in [3.8, 4) is 0 Å². The Hall–Kier alpha value is -2.73. The maximum Gasteiger partial charge on any atom is 0.248 e. The predicted octanol–water partition coefficient (Wildman–Crippen LogP) is 2.20. The highest BCUT2D eigenvalue weighted by atomic mass is 16.2. The van der Waals surface area contributed by atoms with Gasteiger partial charge in [-0.1, -0.05) is 36.4 Å². The van der Waals surface area contributed by atoms with E-state index in [9.17, 15) is 14.4 Å². The summed E-state index contributed by atoms with van der Waals surface area (Å²) in [4.78, 5) is 41.1. The van der Waals surface area contributed by atoms with E-state index < -0.39 is 0 Å². The molecule has 6 heteroatoms. The Bertz CT molecular complexity index is 829. The van der Waals surface area contributed by atoms with Crippen molar-refractivity contribution in [1.29, 1.82) is 0 Å². The maximum atomic E-state index is 12.5. The molecule has 2 aliphatic rings. The molecule has 1 amide bonds. The number of carbonyl (C=O) groups excluding carboxylic acids is 3. The summed E-state index contributed by atoms with van der Waals surface area (Å²) < 4.78 is 0. The predicted molar refractivity (Wildman–Crippen MR) is 117 cm³/mol. The molecule has 1 aliphatic carbocycles. The van der Waals surface area contributed by atoms with E-state index in [1.54, 1.807) is 13.1 Å². The smallest absolute Gasteiger partial charge is 0.248 e. The quantitative estimate of drug-likeness (QED) is 0.443. The first-order chi connectivity index (χ1) is 14.3. The van der Waals surface area contributed by atoms with Crippen molar-refractivity contribution in [3.63, 3.8) is 0 Å². The normalized spacial score (nSPS) is 20.3. The van der Waals surface area contributed by atoms with Crippen LogP contribution >= 0.6 is 0 Å². The fourth-order valence-corrected chi connectivity index (χ4v) is 3.97. The molecular weight excluding hydrogens is 378 g/mol. The van der Waals surface area contributed by atoms with Gasteiger partial charge in [-0.2, -0.15) is 0 Å². The van der Waals surface area contributed by atoms with Gasteiger partial charge in [0.05, 0.1) is 5.57 Å². The molecule has 1 heterocycles. The number of hydrogen-bond donors (Lipinski definition) is 1. The van der Waals surface area contributed by atoms with Crippen molar-refractivity contribution in [3.05, 3.63) is 59.3 Å². The van der Waals surface area contributed by atoms with Crippen LogP contribution in [-0.2, 0) is 14.4 Å². The minimum absolute atomic E-state index is 0.0239. The Kier molecular flexibility index (Phi) is 7.21. The second-order valence-corrected chi connectivity index (χ2v) is 8.29. The number of piperazine rings is 1. The van der Waals surface area contributed by atoms with Crippen LogP contribution in [-0.4, -0.2) is 66.5 Å². The molecule has 1 aliphatic heterocycles. The lowest BCUT2D eigenvalue weighted by Gasteiger charge is -2.34. The molecule has 1 saturated heterocycles. The largest absolute Gasteiger partial charge is 0.389 e. The van der Waals surface area contributed by atoms with Crippen LogP contribution in [0.4, 0.5) is 0 Å². The van der Waals surface area contributed by atoms with Crippen LogP contribution in [0.5, 0.6) is 0 Å². The number of benzene rings is 1. The molecule has 0 bridgehead atoms.